The molecule has 3 aliphatic heterocycles. The Labute approximate surface area is 152 Å². The second kappa shape index (κ2) is 6.55. The van der Waals surface area contributed by atoms with Crippen LogP contribution in [0.1, 0.15) is 36.1 Å². The summed E-state index contributed by atoms with van der Waals surface area (Å²) >= 11 is 0. The maximum atomic E-state index is 6.05. The fourth-order valence-electron chi connectivity index (χ4n) is 4.39. The molecule has 0 saturated carbocycles. The molecule has 4 heterocycles. The third-order valence-corrected chi connectivity index (χ3v) is 5.66. The summed E-state index contributed by atoms with van der Waals surface area (Å²) in [7, 11) is 0. The van der Waals surface area contributed by atoms with Crippen LogP contribution in [0.5, 0.6) is 11.5 Å². The van der Waals surface area contributed by atoms with Crippen LogP contribution >= 0.6 is 0 Å². The van der Waals surface area contributed by atoms with Gasteiger partial charge in [0, 0.05) is 45.0 Å². The smallest absolute Gasteiger partial charge is 0.231 e. The molecular weight excluding hydrogens is 334 g/mol. The number of hydrogen-bond acceptors (Lipinski definition) is 7. The molecule has 3 aliphatic rings. The summed E-state index contributed by atoms with van der Waals surface area (Å²) in [6.07, 6.45) is 2.27. The number of piperidine rings is 1. The quantitative estimate of drug-likeness (QED) is 0.836. The summed E-state index contributed by atoms with van der Waals surface area (Å²) in [5, 5.41) is 8.31. The lowest BCUT2D eigenvalue weighted by Gasteiger charge is -2.44. The lowest BCUT2D eigenvalue weighted by Crippen LogP contribution is -2.48. The van der Waals surface area contributed by atoms with Crippen molar-refractivity contribution in [2.24, 2.45) is 5.92 Å². The zero-order valence-corrected chi connectivity index (χ0v) is 14.9. The standard InChI is InChI=1S/C19H23N3O4/c1-12-20-21-19(26-12)14-5-7-23-16-4-6-22(10-15(14)16)9-13-2-3-17-18(8-13)25-11-24-17/h2-3,8,14-16H,4-7,9-11H2,1H3/t14-,15-,16-/m1/s1. The fourth-order valence-corrected chi connectivity index (χ4v) is 4.39. The van der Waals surface area contributed by atoms with Crippen LogP contribution in [0, 0.1) is 12.8 Å². The van der Waals surface area contributed by atoms with E-state index in [1.807, 2.05) is 13.0 Å². The van der Waals surface area contributed by atoms with Gasteiger partial charge in [-0.3, -0.25) is 4.90 Å². The summed E-state index contributed by atoms with van der Waals surface area (Å²) in [6, 6.07) is 6.21. The van der Waals surface area contributed by atoms with E-state index in [-0.39, 0.29) is 12.0 Å². The van der Waals surface area contributed by atoms with Crippen LogP contribution in [0.3, 0.4) is 0 Å². The van der Waals surface area contributed by atoms with Crippen LogP contribution in [0.25, 0.3) is 0 Å². The average Bonchev–Trinajstić information content (AvgIpc) is 3.29. The Hall–Kier alpha value is -2.12. The first-order chi connectivity index (χ1) is 12.8. The summed E-state index contributed by atoms with van der Waals surface area (Å²) in [6.45, 7) is 5.84. The van der Waals surface area contributed by atoms with E-state index in [4.69, 9.17) is 18.6 Å². The molecule has 1 aromatic carbocycles. The van der Waals surface area contributed by atoms with E-state index in [1.54, 1.807) is 0 Å². The normalized spacial score (nSPS) is 28.1. The van der Waals surface area contributed by atoms with Gasteiger partial charge in [0.05, 0.1) is 6.10 Å². The molecule has 1 aromatic heterocycles. The van der Waals surface area contributed by atoms with Gasteiger partial charge in [0.25, 0.3) is 0 Å². The summed E-state index contributed by atoms with van der Waals surface area (Å²) < 4.78 is 22.7. The van der Waals surface area contributed by atoms with Gasteiger partial charge in [0.15, 0.2) is 11.5 Å². The predicted octanol–water partition coefficient (Wildman–Crippen LogP) is 2.50. The first-order valence-corrected chi connectivity index (χ1v) is 9.29. The molecule has 0 aliphatic carbocycles. The zero-order valence-electron chi connectivity index (χ0n) is 14.9. The summed E-state index contributed by atoms with van der Waals surface area (Å²) in [5.74, 6) is 3.76. The van der Waals surface area contributed by atoms with Gasteiger partial charge in [0.2, 0.25) is 18.6 Å². The Kier molecular flexibility index (Phi) is 4.05. The van der Waals surface area contributed by atoms with Crippen molar-refractivity contribution in [1.82, 2.24) is 15.1 Å². The van der Waals surface area contributed by atoms with Gasteiger partial charge in [-0.25, -0.2) is 0 Å². The molecule has 2 aromatic rings. The first kappa shape index (κ1) is 16.1. The van der Waals surface area contributed by atoms with E-state index >= 15 is 0 Å². The number of fused-ring (bicyclic) bond motifs is 2. The maximum Gasteiger partial charge on any atom is 0.231 e. The number of nitrogens with zero attached hydrogens (tertiary/aromatic N) is 3. The molecule has 0 spiro atoms. The van der Waals surface area contributed by atoms with Crippen LogP contribution < -0.4 is 9.47 Å². The Balaban J connectivity index is 1.31. The third kappa shape index (κ3) is 2.95. The van der Waals surface area contributed by atoms with E-state index in [9.17, 15) is 0 Å². The second-order valence-electron chi connectivity index (χ2n) is 7.34. The van der Waals surface area contributed by atoms with E-state index < -0.39 is 0 Å². The molecule has 2 fully saturated rings. The largest absolute Gasteiger partial charge is 0.454 e. The second-order valence-corrected chi connectivity index (χ2v) is 7.34. The number of benzene rings is 1. The van der Waals surface area contributed by atoms with Crippen molar-refractivity contribution in [3.8, 4) is 11.5 Å². The van der Waals surface area contributed by atoms with Gasteiger partial charge in [-0.2, -0.15) is 0 Å². The predicted molar refractivity (Wildman–Crippen MR) is 92.1 cm³/mol. The van der Waals surface area contributed by atoms with Gasteiger partial charge in [-0.15, -0.1) is 10.2 Å². The molecule has 26 heavy (non-hydrogen) atoms. The number of aryl methyl sites for hydroxylation is 1. The highest BCUT2D eigenvalue weighted by atomic mass is 16.7. The van der Waals surface area contributed by atoms with E-state index in [1.165, 1.54) is 5.56 Å². The Bertz CT molecular complexity index is 793. The molecule has 5 rings (SSSR count). The van der Waals surface area contributed by atoms with Crippen LogP contribution in [-0.4, -0.2) is 47.7 Å². The Morgan fingerprint density at radius 2 is 2.08 bits per heavy atom. The highest BCUT2D eigenvalue weighted by Gasteiger charge is 2.41. The lowest BCUT2D eigenvalue weighted by atomic mass is 9.79. The number of aromatic nitrogens is 2. The molecule has 0 radical (unpaired) electrons. The van der Waals surface area contributed by atoms with Crippen molar-refractivity contribution in [3.05, 3.63) is 35.5 Å². The van der Waals surface area contributed by atoms with Crippen molar-refractivity contribution in [2.75, 3.05) is 26.5 Å². The van der Waals surface area contributed by atoms with E-state index in [2.05, 4.69) is 27.2 Å². The fraction of sp³-hybridized carbons (Fsp3) is 0.579. The van der Waals surface area contributed by atoms with Crippen LogP contribution in [0.4, 0.5) is 0 Å². The molecule has 2 saturated heterocycles. The van der Waals surface area contributed by atoms with Crippen LogP contribution in [0.15, 0.2) is 22.6 Å². The number of hydrogen-bond donors (Lipinski definition) is 0. The molecule has 0 unspecified atom stereocenters. The van der Waals surface area contributed by atoms with Crippen LogP contribution in [-0.2, 0) is 11.3 Å². The minimum Gasteiger partial charge on any atom is -0.454 e. The van der Waals surface area contributed by atoms with E-state index in [0.29, 0.717) is 18.6 Å². The van der Waals surface area contributed by atoms with Crippen LogP contribution in [0.2, 0.25) is 0 Å². The molecule has 0 amide bonds. The highest BCUT2D eigenvalue weighted by Crippen LogP contribution is 2.39. The van der Waals surface area contributed by atoms with Crippen molar-refractivity contribution in [3.63, 3.8) is 0 Å². The van der Waals surface area contributed by atoms with Gasteiger partial charge in [-0.1, -0.05) is 6.07 Å². The number of rotatable bonds is 3. The molecule has 3 atom stereocenters. The van der Waals surface area contributed by atoms with Gasteiger partial charge < -0.3 is 18.6 Å². The maximum absolute atomic E-state index is 6.05. The zero-order chi connectivity index (χ0) is 17.5. The molecule has 138 valence electrons. The lowest BCUT2D eigenvalue weighted by molar-refractivity contribution is -0.0820. The Morgan fingerprint density at radius 1 is 1.15 bits per heavy atom. The molecule has 7 heteroatoms. The minimum atomic E-state index is 0.286. The molecule has 0 N–H and O–H groups in total. The molecular formula is C19H23N3O4. The number of ether oxygens (including phenoxy) is 3. The Morgan fingerprint density at radius 3 is 2.96 bits per heavy atom. The molecule has 7 nitrogen and oxygen atoms in total. The van der Waals surface area contributed by atoms with Crippen molar-refractivity contribution < 1.29 is 18.6 Å². The van der Waals surface area contributed by atoms with Crippen molar-refractivity contribution >= 4 is 0 Å². The monoisotopic (exact) mass is 357 g/mol. The number of likely N-dealkylation sites (tertiary alicyclic amines) is 1. The van der Waals surface area contributed by atoms with Crippen molar-refractivity contribution in [2.45, 2.75) is 38.3 Å². The third-order valence-electron chi connectivity index (χ3n) is 5.66. The topological polar surface area (TPSA) is 69.9 Å². The highest BCUT2D eigenvalue weighted by molar-refractivity contribution is 5.44. The van der Waals surface area contributed by atoms with E-state index in [0.717, 1.165) is 56.5 Å². The summed E-state index contributed by atoms with van der Waals surface area (Å²) in [4.78, 5) is 2.49. The van der Waals surface area contributed by atoms with Gasteiger partial charge in [0.1, 0.15) is 0 Å². The van der Waals surface area contributed by atoms with Crippen molar-refractivity contribution in [1.29, 1.82) is 0 Å². The van der Waals surface area contributed by atoms with Gasteiger partial charge in [-0.05, 0) is 30.5 Å². The average molecular weight is 357 g/mol. The summed E-state index contributed by atoms with van der Waals surface area (Å²) in [5.41, 5.74) is 1.25. The minimum absolute atomic E-state index is 0.286. The molecule has 0 bridgehead atoms. The van der Waals surface area contributed by atoms with Gasteiger partial charge >= 0.3 is 0 Å². The SMILES string of the molecule is Cc1nnc([C@@H]2CCO[C@@H]3CCN(Cc4ccc5c(c4)OCO5)C[C@@H]32)o1. The first-order valence-electron chi connectivity index (χ1n) is 9.29.